The summed E-state index contributed by atoms with van der Waals surface area (Å²) in [5.74, 6) is 0. The molecule has 1 saturated heterocycles. The van der Waals surface area contributed by atoms with Gasteiger partial charge in [-0.25, -0.2) is 0 Å². The normalized spacial score (nSPS) is 23.4. The van der Waals surface area contributed by atoms with Gasteiger partial charge in [-0.1, -0.05) is 0 Å². The molecule has 1 aromatic carbocycles. The van der Waals surface area contributed by atoms with Gasteiger partial charge in [0.05, 0.1) is 23.8 Å². The highest BCUT2D eigenvalue weighted by molar-refractivity contribution is 5.53. The summed E-state index contributed by atoms with van der Waals surface area (Å²) in [7, 11) is 2.09. The lowest BCUT2D eigenvalue weighted by atomic mass is 10.1. The lowest BCUT2D eigenvalue weighted by Crippen LogP contribution is -2.36. The molecule has 17 heavy (non-hydrogen) atoms. The molecule has 90 valence electrons. The number of benzene rings is 1. The Morgan fingerprint density at radius 2 is 2.24 bits per heavy atom. The molecule has 0 aliphatic carbocycles. The van der Waals surface area contributed by atoms with Crippen LogP contribution < -0.4 is 4.90 Å². The van der Waals surface area contributed by atoms with E-state index < -0.39 is 0 Å². The molecular weight excluding hydrogens is 212 g/mol. The smallest absolute Gasteiger partial charge is 0.0994 e. The van der Waals surface area contributed by atoms with Crippen molar-refractivity contribution in [1.82, 2.24) is 0 Å². The van der Waals surface area contributed by atoms with Gasteiger partial charge in [0, 0.05) is 19.3 Å². The SMILES string of the molecule is Cc1cc(N(C)C2CCOC2C)ccc1C#N. The number of likely N-dealkylation sites (N-methyl/N-ethyl adjacent to an activating group) is 1. The summed E-state index contributed by atoms with van der Waals surface area (Å²) in [4.78, 5) is 2.26. The fraction of sp³-hybridized carbons (Fsp3) is 0.500. The number of rotatable bonds is 2. The molecule has 1 aliphatic heterocycles. The second-order valence-corrected chi connectivity index (χ2v) is 4.65. The summed E-state index contributed by atoms with van der Waals surface area (Å²) >= 11 is 0. The molecule has 0 aromatic heterocycles. The van der Waals surface area contributed by atoms with E-state index in [1.54, 1.807) is 0 Å². The van der Waals surface area contributed by atoms with Crippen molar-refractivity contribution < 1.29 is 4.74 Å². The third-order valence-corrected chi connectivity index (χ3v) is 3.57. The summed E-state index contributed by atoms with van der Waals surface area (Å²) in [6.45, 7) is 4.93. The van der Waals surface area contributed by atoms with Crippen molar-refractivity contribution in [3.05, 3.63) is 29.3 Å². The maximum absolute atomic E-state index is 8.92. The summed E-state index contributed by atoms with van der Waals surface area (Å²) in [6.07, 6.45) is 1.34. The van der Waals surface area contributed by atoms with E-state index in [2.05, 4.69) is 31.0 Å². The molecule has 1 heterocycles. The molecule has 0 N–H and O–H groups in total. The predicted molar refractivity (Wildman–Crippen MR) is 68.1 cm³/mol. The molecule has 2 rings (SSSR count). The van der Waals surface area contributed by atoms with Crippen LogP contribution in [0.25, 0.3) is 0 Å². The molecule has 2 atom stereocenters. The van der Waals surface area contributed by atoms with Crippen molar-refractivity contribution in [3.8, 4) is 6.07 Å². The van der Waals surface area contributed by atoms with Gasteiger partial charge in [-0.15, -0.1) is 0 Å². The van der Waals surface area contributed by atoms with Crippen molar-refractivity contribution in [1.29, 1.82) is 5.26 Å². The van der Waals surface area contributed by atoms with Crippen molar-refractivity contribution in [2.45, 2.75) is 32.4 Å². The van der Waals surface area contributed by atoms with Gasteiger partial charge in [-0.05, 0) is 44.0 Å². The van der Waals surface area contributed by atoms with Gasteiger partial charge in [-0.2, -0.15) is 5.26 Å². The summed E-state index contributed by atoms with van der Waals surface area (Å²) in [5, 5.41) is 8.92. The van der Waals surface area contributed by atoms with Gasteiger partial charge in [0.15, 0.2) is 0 Å². The molecule has 0 radical (unpaired) electrons. The Morgan fingerprint density at radius 3 is 2.76 bits per heavy atom. The fourth-order valence-electron chi connectivity index (χ4n) is 2.41. The lowest BCUT2D eigenvalue weighted by molar-refractivity contribution is 0.118. The Balaban J connectivity index is 2.22. The minimum absolute atomic E-state index is 0.274. The van der Waals surface area contributed by atoms with Crippen LogP contribution in [0, 0.1) is 18.3 Å². The number of hydrogen-bond donors (Lipinski definition) is 0. The first kappa shape index (κ1) is 11.9. The molecule has 1 aliphatic rings. The zero-order valence-corrected chi connectivity index (χ0v) is 10.6. The van der Waals surface area contributed by atoms with E-state index in [9.17, 15) is 0 Å². The first-order chi connectivity index (χ1) is 8.13. The van der Waals surface area contributed by atoms with Crippen LogP contribution in [0.1, 0.15) is 24.5 Å². The monoisotopic (exact) mass is 230 g/mol. The first-order valence-corrected chi connectivity index (χ1v) is 5.98. The van der Waals surface area contributed by atoms with Gasteiger partial charge in [0.25, 0.3) is 0 Å². The maximum atomic E-state index is 8.92. The van der Waals surface area contributed by atoms with E-state index in [0.717, 1.165) is 29.8 Å². The molecule has 3 nitrogen and oxygen atoms in total. The van der Waals surface area contributed by atoms with Crippen molar-refractivity contribution >= 4 is 5.69 Å². The van der Waals surface area contributed by atoms with E-state index in [1.807, 2.05) is 19.1 Å². The van der Waals surface area contributed by atoms with Gasteiger partial charge in [0.1, 0.15) is 0 Å². The van der Waals surface area contributed by atoms with Gasteiger partial charge >= 0.3 is 0 Å². The number of ether oxygens (including phenoxy) is 1. The second kappa shape index (κ2) is 4.77. The molecule has 2 unspecified atom stereocenters. The van der Waals surface area contributed by atoms with Crippen LogP contribution in [0.4, 0.5) is 5.69 Å². The van der Waals surface area contributed by atoms with Crippen LogP contribution in [0.15, 0.2) is 18.2 Å². The van der Waals surface area contributed by atoms with Crippen molar-refractivity contribution in [2.75, 3.05) is 18.6 Å². The Kier molecular flexibility index (Phi) is 3.35. The van der Waals surface area contributed by atoms with Crippen LogP contribution in [-0.4, -0.2) is 25.8 Å². The van der Waals surface area contributed by atoms with Crippen molar-refractivity contribution in [3.63, 3.8) is 0 Å². The minimum Gasteiger partial charge on any atom is -0.376 e. The Hall–Kier alpha value is -1.53. The molecule has 0 saturated carbocycles. The number of nitriles is 1. The third-order valence-electron chi connectivity index (χ3n) is 3.57. The fourth-order valence-corrected chi connectivity index (χ4v) is 2.41. The lowest BCUT2D eigenvalue weighted by Gasteiger charge is -2.29. The van der Waals surface area contributed by atoms with Crippen LogP contribution in [0.2, 0.25) is 0 Å². The number of nitrogens with zero attached hydrogens (tertiary/aromatic N) is 2. The molecule has 0 bridgehead atoms. The largest absolute Gasteiger partial charge is 0.376 e. The van der Waals surface area contributed by atoms with Gasteiger partial charge in [0.2, 0.25) is 0 Å². The molecule has 1 fully saturated rings. The Bertz CT molecular complexity index is 450. The number of anilines is 1. The highest BCUT2D eigenvalue weighted by Crippen LogP contribution is 2.25. The second-order valence-electron chi connectivity index (χ2n) is 4.65. The van der Waals surface area contributed by atoms with Crippen molar-refractivity contribution in [2.24, 2.45) is 0 Å². The van der Waals surface area contributed by atoms with E-state index in [1.165, 1.54) is 0 Å². The minimum atomic E-state index is 0.274. The zero-order valence-electron chi connectivity index (χ0n) is 10.6. The molecule has 0 spiro atoms. The van der Waals surface area contributed by atoms with E-state index in [4.69, 9.17) is 10.00 Å². The third kappa shape index (κ3) is 2.27. The Labute approximate surface area is 103 Å². The van der Waals surface area contributed by atoms with E-state index >= 15 is 0 Å². The zero-order chi connectivity index (χ0) is 12.4. The Morgan fingerprint density at radius 1 is 1.47 bits per heavy atom. The average Bonchev–Trinajstić information content (AvgIpc) is 2.74. The quantitative estimate of drug-likeness (QED) is 0.783. The molecule has 3 heteroatoms. The molecule has 1 aromatic rings. The highest BCUT2D eigenvalue weighted by Gasteiger charge is 2.28. The molecular formula is C14H18N2O. The van der Waals surface area contributed by atoms with Crippen LogP contribution in [0.3, 0.4) is 0 Å². The number of aryl methyl sites for hydroxylation is 1. The topological polar surface area (TPSA) is 36.3 Å². The average molecular weight is 230 g/mol. The highest BCUT2D eigenvalue weighted by atomic mass is 16.5. The van der Waals surface area contributed by atoms with Crippen LogP contribution >= 0.6 is 0 Å². The van der Waals surface area contributed by atoms with E-state index in [0.29, 0.717) is 6.04 Å². The standard InChI is InChI=1S/C14H18N2O/c1-10-8-13(5-4-12(10)9-15)16(3)14-6-7-17-11(14)2/h4-5,8,11,14H,6-7H2,1-3H3. The van der Waals surface area contributed by atoms with Gasteiger partial charge < -0.3 is 9.64 Å². The van der Waals surface area contributed by atoms with E-state index in [-0.39, 0.29) is 6.10 Å². The summed E-state index contributed by atoms with van der Waals surface area (Å²) in [6, 6.07) is 8.60. The summed E-state index contributed by atoms with van der Waals surface area (Å²) in [5.41, 5.74) is 2.94. The number of hydrogen-bond acceptors (Lipinski definition) is 3. The maximum Gasteiger partial charge on any atom is 0.0994 e. The first-order valence-electron chi connectivity index (χ1n) is 5.98. The van der Waals surface area contributed by atoms with Gasteiger partial charge in [-0.3, -0.25) is 0 Å². The summed E-state index contributed by atoms with van der Waals surface area (Å²) < 4.78 is 5.59. The van der Waals surface area contributed by atoms with Crippen LogP contribution in [0.5, 0.6) is 0 Å². The molecule has 0 amide bonds. The van der Waals surface area contributed by atoms with Crippen LogP contribution in [-0.2, 0) is 4.74 Å². The predicted octanol–water partition coefficient (Wildman–Crippen LogP) is 2.48.